The van der Waals surface area contributed by atoms with Gasteiger partial charge in [0, 0.05) is 0 Å². The van der Waals surface area contributed by atoms with Crippen molar-refractivity contribution in [2.75, 3.05) is 0 Å². The van der Waals surface area contributed by atoms with Crippen molar-refractivity contribution >= 4 is 0 Å². The lowest BCUT2D eigenvalue weighted by Crippen LogP contribution is -2.17. The van der Waals surface area contributed by atoms with Crippen LogP contribution >= 0.6 is 0 Å². The molecule has 0 amide bonds. The fraction of sp³-hybridized carbons (Fsp3) is 1.00. The van der Waals surface area contributed by atoms with Gasteiger partial charge in [-0.2, -0.15) is 0 Å². The van der Waals surface area contributed by atoms with Gasteiger partial charge in [-0.05, 0) is 30.6 Å². The predicted molar refractivity (Wildman–Crippen MR) is 54.1 cm³/mol. The van der Waals surface area contributed by atoms with E-state index in [2.05, 4.69) is 34.6 Å². The lowest BCUT2D eigenvalue weighted by atomic mass is 9.89. The summed E-state index contributed by atoms with van der Waals surface area (Å²) in [5, 5.41) is 9.64. The molecule has 0 aromatic rings. The summed E-state index contributed by atoms with van der Waals surface area (Å²) in [5.74, 6) is 1.94. The van der Waals surface area contributed by atoms with E-state index in [0.29, 0.717) is 17.8 Å². The first-order chi connectivity index (χ1) is 5.43. The van der Waals surface area contributed by atoms with Gasteiger partial charge in [0.15, 0.2) is 0 Å². The van der Waals surface area contributed by atoms with E-state index in [9.17, 15) is 5.11 Å². The largest absolute Gasteiger partial charge is 0.393 e. The quantitative estimate of drug-likeness (QED) is 0.675. The van der Waals surface area contributed by atoms with Gasteiger partial charge in [-0.25, -0.2) is 0 Å². The van der Waals surface area contributed by atoms with E-state index >= 15 is 0 Å². The zero-order chi connectivity index (χ0) is 9.72. The second-order valence-corrected chi connectivity index (χ2v) is 4.74. The molecule has 0 radical (unpaired) electrons. The summed E-state index contributed by atoms with van der Waals surface area (Å²) in [6, 6.07) is 0. The van der Waals surface area contributed by atoms with Gasteiger partial charge in [-0.1, -0.05) is 34.6 Å². The number of rotatable bonds is 5. The maximum absolute atomic E-state index is 9.64. The molecule has 0 saturated carbocycles. The van der Waals surface area contributed by atoms with Crippen LogP contribution in [0.2, 0.25) is 0 Å². The van der Waals surface area contributed by atoms with Crippen molar-refractivity contribution in [1.29, 1.82) is 0 Å². The van der Waals surface area contributed by atoms with E-state index in [-0.39, 0.29) is 6.10 Å². The lowest BCUT2D eigenvalue weighted by molar-refractivity contribution is 0.113. The predicted octanol–water partition coefficient (Wildman–Crippen LogP) is 3.08. The number of aliphatic hydroxyl groups is 1. The molecule has 2 unspecified atom stereocenters. The summed E-state index contributed by atoms with van der Waals surface area (Å²) < 4.78 is 0. The first kappa shape index (κ1) is 12.0. The lowest BCUT2D eigenvalue weighted by Gasteiger charge is -2.20. The Labute approximate surface area is 77.2 Å². The van der Waals surface area contributed by atoms with Gasteiger partial charge in [-0.3, -0.25) is 0 Å². The summed E-state index contributed by atoms with van der Waals surface area (Å²) in [4.78, 5) is 0. The average Bonchev–Trinajstić information content (AvgIpc) is 1.84. The topological polar surface area (TPSA) is 20.2 Å². The molecule has 74 valence electrons. The van der Waals surface area contributed by atoms with E-state index in [1.807, 2.05) is 0 Å². The molecule has 0 bridgehead atoms. The van der Waals surface area contributed by atoms with Gasteiger partial charge in [0.2, 0.25) is 0 Å². The summed E-state index contributed by atoms with van der Waals surface area (Å²) >= 11 is 0. The first-order valence-corrected chi connectivity index (χ1v) is 5.11. The van der Waals surface area contributed by atoms with Crippen LogP contribution in [0.1, 0.15) is 47.5 Å². The second kappa shape index (κ2) is 5.58. The first-order valence-electron chi connectivity index (χ1n) is 5.11. The maximum Gasteiger partial charge on any atom is 0.0545 e. The van der Waals surface area contributed by atoms with Crippen LogP contribution in [0.15, 0.2) is 0 Å². The van der Waals surface area contributed by atoms with Crippen LogP contribution in [0.3, 0.4) is 0 Å². The molecule has 0 spiro atoms. The van der Waals surface area contributed by atoms with Crippen molar-refractivity contribution in [3.8, 4) is 0 Å². The van der Waals surface area contributed by atoms with Crippen molar-refractivity contribution in [1.82, 2.24) is 0 Å². The molecule has 0 aliphatic carbocycles. The molecule has 0 fully saturated rings. The highest BCUT2D eigenvalue weighted by Crippen LogP contribution is 2.19. The molecule has 0 aliphatic rings. The van der Waals surface area contributed by atoms with Crippen LogP contribution in [0.5, 0.6) is 0 Å². The summed E-state index contributed by atoms with van der Waals surface area (Å²) in [6.07, 6.45) is 1.80. The van der Waals surface area contributed by atoms with Crippen molar-refractivity contribution in [2.24, 2.45) is 17.8 Å². The highest BCUT2D eigenvalue weighted by molar-refractivity contribution is 4.65. The van der Waals surface area contributed by atoms with Crippen LogP contribution < -0.4 is 0 Å². The third-order valence-corrected chi connectivity index (χ3v) is 2.53. The average molecular weight is 172 g/mol. The smallest absolute Gasteiger partial charge is 0.0545 e. The Balaban J connectivity index is 3.61. The Bertz CT molecular complexity index is 108. The van der Waals surface area contributed by atoms with Gasteiger partial charge in [0.1, 0.15) is 0 Å². The highest BCUT2D eigenvalue weighted by Gasteiger charge is 2.13. The minimum atomic E-state index is -0.0950. The SMILES string of the molecule is CC(C)CC(O)CC(C)C(C)C. The Morgan fingerprint density at radius 2 is 1.42 bits per heavy atom. The van der Waals surface area contributed by atoms with Crippen molar-refractivity contribution < 1.29 is 5.11 Å². The molecule has 2 atom stereocenters. The third-order valence-electron chi connectivity index (χ3n) is 2.53. The van der Waals surface area contributed by atoms with Gasteiger partial charge < -0.3 is 5.11 Å². The van der Waals surface area contributed by atoms with Gasteiger partial charge in [0.05, 0.1) is 6.10 Å². The number of hydrogen-bond donors (Lipinski definition) is 1. The molecule has 0 rings (SSSR count). The Morgan fingerprint density at radius 3 is 1.75 bits per heavy atom. The molecule has 1 N–H and O–H groups in total. The molecule has 0 aliphatic heterocycles. The summed E-state index contributed by atoms with van der Waals surface area (Å²) in [6.45, 7) is 11.0. The van der Waals surface area contributed by atoms with E-state index in [4.69, 9.17) is 0 Å². The molecular formula is C11H24O. The molecule has 0 saturated heterocycles. The Hall–Kier alpha value is -0.0400. The molecule has 0 heterocycles. The van der Waals surface area contributed by atoms with Crippen LogP contribution in [-0.2, 0) is 0 Å². The normalized spacial score (nSPS) is 17.0. The van der Waals surface area contributed by atoms with Crippen LogP contribution in [0.25, 0.3) is 0 Å². The molecule has 1 nitrogen and oxygen atoms in total. The zero-order valence-corrected chi connectivity index (χ0v) is 9.17. The van der Waals surface area contributed by atoms with Crippen LogP contribution in [0, 0.1) is 17.8 Å². The van der Waals surface area contributed by atoms with Crippen molar-refractivity contribution in [3.63, 3.8) is 0 Å². The third kappa shape index (κ3) is 5.59. The van der Waals surface area contributed by atoms with Gasteiger partial charge >= 0.3 is 0 Å². The van der Waals surface area contributed by atoms with Crippen LogP contribution in [-0.4, -0.2) is 11.2 Å². The second-order valence-electron chi connectivity index (χ2n) is 4.74. The standard InChI is InChI=1S/C11H24O/c1-8(2)6-11(12)7-10(5)9(3)4/h8-12H,6-7H2,1-5H3. The fourth-order valence-electron chi connectivity index (χ4n) is 1.34. The monoisotopic (exact) mass is 172 g/mol. The highest BCUT2D eigenvalue weighted by atomic mass is 16.3. The van der Waals surface area contributed by atoms with Gasteiger partial charge in [-0.15, -0.1) is 0 Å². The summed E-state index contributed by atoms with van der Waals surface area (Å²) in [7, 11) is 0. The van der Waals surface area contributed by atoms with Crippen molar-refractivity contribution in [2.45, 2.75) is 53.6 Å². The Morgan fingerprint density at radius 1 is 0.917 bits per heavy atom. The summed E-state index contributed by atoms with van der Waals surface area (Å²) in [5.41, 5.74) is 0. The Kier molecular flexibility index (Phi) is 5.56. The molecule has 12 heavy (non-hydrogen) atoms. The number of aliphatic hydroxyl groups excluding tert-OH is 1. The van der Waals surface area contributed by atoms with E-state index in [0.717, 1.165) is 12.8 Å². The van der Waals surface area contributed by atoms with E-state index in [1.54, 1.807) is 0 Å². The maximum atomic E-state index is 9.64. The number of hydrogen-bond acceptors (Lipinski definition) is 1. The molecule has 1 heteroatoms. The van der Waals surface area contributed by atoms with Crippen LogP contribution in [0.4, 0.5) is 0 Å². The minimum absolute atomic E-state index is 0.0950. The molecule has 0 aromatic heterocycles. The molecular weight excluding hydrogens is 148 g/mol. The fourth-order valence-corrected chi connectivity index (χ4v) is 1.34. The van der Waals surface area contributed by atoms with E-state index in [1.165, 1.54) is 0 Å². The van der Waals surface area contributed by atoms with E-state index < -0.39 is 0 Å². The zero-order valence-electron chi connectivity index (χ0n) is 9.17. The minimum Gasteiger partial charge on any atom is -0.393 e. The van der Waals surface area contributed by atoms with Gasteiger partial charge in [0.25, 0.3) is 0 Å². The molecule has 0 aromatic carbocycles. The van der Waals surface area contributed by atoms with Crippen molar-refractivity contribution in [3.05, 3.63) is 0 Å².